The maximum atomic E-state index is 12.4. The van der Waals surface area contributed by atoms with Gasteiger partial charge < -0.3 is 25.8 Å². The lowest BCUT2D eigenvalue weighted by Crippen LogP contribution is -2.22. The standard InChI is InChI=1S/C22H21N7O5/c1-23-21(31)18-14(8-17(28-29-18)27-20(30)11-6-7-11)26-13-5-3-4-12(19(13)34-2)15-9-25-16(10-24-15)22(32)33/h3-5,8-11H,6-7H2,1-2H3,(H,23,31)(H,32,33)(H2,26,27,28,30). The molecule has 0 unspecified atom stereocenters. The van der Waals surface area contributed by atoms with Crippen molar-refractivity contribution in [3.05, 3.63) is 48.0 Å². The third-order valence-corrected chi connectivity index (χ3v) is 5.07. The van der Waals surface area contributed by atoms with E-state index in [0.29, 0.717) is 28.4 Å². The summed E-state index contributed by atoms with van der Waals surface area (Å²) in [5.41, 5.74) is 1.54. The van der Waals surface area contributed by atoms with Crippen molar-refractivity contribution in [2.45, 2.75) is 12.8 Å². The highest BCUT2D eigenvalue weighted by atomic mass is 16.5. The lowest BCUT2D eigenvalue weighted by atomic mass is 10.1. The number of nitrogens with zero attached hydrogens (tertiary/aromatic N) is 4. The Hall–Kier alpha value is -4.61. The Bertz CT molecular complexity index is 1260. The van der Waals surface area contributed by atoms with Crippen LogP contribution in [0.2, 0.25) is 0 Å². The summed E-state index contributed by atoms with van der Waals surface area (Å²) in [6.45, 7) is 0. The highest BCUT2D eigenvalue weighted by Crippen LogP contribution is 2.37. The zero-order chi connectivity index (χ0) is 24.2. The number of hydrogen-bond donors (Lipinski definition) is 4. The van der Waals surface area contributed by atoms with Gasteiger partial charge in [-0.3, -0.25) is 14.6 Å². The molecule has 1 aliphatic carbocycles. The number of carbonyl (C=O) groups is 3. The summed E-state index contributed by atoms with van der Waals surface area (Å²) in [5, 5.41) is 25.3. The summed E-state index contributed by atoms with van der Waals surface area (Å²) in [7, 11) is 2.94. The fourth-order valence-corrected chi connectivity index (χ4v) is 3.19. The molecule has 0 aliphatic heterocycles. The molecule has 2 aromatic heterocycles. The van der Waals surface area contributed by atoms with Gasteiger partial charge in [0.1, 0.15) is 0 Å². The van der Waals surface area contributed by atoms with Gasteiger partial charge in [-0.1, -0.05) is 6.07 Å². The van der Waals surface area contributed by atoms with Gasteiger partial charge >= 0.3 is 5.97 Å². The van der Waals surface area contributed by atoms with E-state index in [1.54, 1.807) is 18.2 Å². The van der Waals surface area contributed by atoms with Crippen molar-refractivity contribution in [3.63, 3.8) is 0 Å². The summed E-state index contributed by atoms with van der Waals surface area (Å²) in [5.74, 6) is -1.24. The van der Waals surface area contributed by atoms with E-state index in [-0.39, 0.29) is 29.0 Å². The van der Waals surface area contributed by atoms with E-state index in [1.807, 2.05) is 0 Å². The van der Waals surface area contributed by atoms with E-state index < -0.39 is 11.9 Å². The van der Waals surface area contributed by atoms with Crippen LogP contribution in [0.4, 0.5) is 17.2 Å². The Morgan fingerprint density at radius 2 is 1.88 bits per heavy atom. The first-order valence-corrected chi connectivity index (χ1v) is 10.3. The van der Waals surface area contributed by atoms with Crippen molar-refractivity contribution in [2.75, 3.05) is 24.8 Å². The van der Waals surface area contributed by atoms with Gasteiger partial charge in [0.15, 0.2) is 23.0 Å². The minimum atomic E-state index is -1.18. The number of carboxylic acids is 1. The predicted octanol–water partition coefficient (Wildman–Crippen LogP) is 2.09. The molecular weight excluding hydrogens is 442 g/mol. The Morgan fingerprint density at radius 3 is 2.50 bits per heavy atom. The number of anilines is 3. The molecule has 0 radical (unpaired) electrons. The van der Waals surface area contributed by atoms with E-state index in [9.17, 15) is 14.4 Å². The molecule has 4 N–H and O–H groups in total. The summed E-state index contributed by atoms with van der Waals surface area (Å²) < 4.78 is 5.59. The van der Waals surface area contributed by atoms with Crippen LogP contribution < -0.4 is 20.7 Å². The molecule has 1 aromatic carbocycles. The average molecular weight is 463 g/mol. The van der Waals surface area contributed by atoms with Crippen LogP contribution in [-0.4, -0.2) is 57.2 Å². The maximum Gasteiger partial charge on any atom is 0.356 e. The number of carbonyl (C=O) groups excluding carboxylic acids is 2. The lowest BCUT2D eigenvalue weighted by molar-refractivity contribution is -0.117. The third-order valence-electron chi connectivity index (χ3n) is 5.07. The average Bonchev–Trinajstić information content (AvgIpc) is 3.69. The van der Waals surface area contributed by atoms with Crippen LogP contribution in [0.3, 0.4) is 0 Å². The second-order valence-corrected chi connectivity index (χ2v) is 7.44. The summed E-state index contributed by atoms with van der Waals surface area (Å²) in [6, 6.07) is 6.71. The van der Waals surface area contributed by atoms with Crippen molar-refractivity contribution >= 4 is 35.0 Å². The number of para-hydroxylation sites is 1. The molecule has 12 nitrogen and oxygen atoms in total. The molecule has 0 saturated heterocycles. The number of nitrogens with one attached hydrogen (secondary N) is 3. The van der Waals surface area contributed by atoms with Gasteiger partial charge in [-0.15, -0.1) is 10.2 Å². The number of amides is 2. The summed E-state index contributed by atoms with van der Waals surface area (Å²) in [4.78, 5) is 43.6. The summed E-state index contributed by atoms with van der Waals surface area (Å²) >= 11 is 0. The zero-order valence-electron chi connectivity index (χ0n) is 18.3. The van der Waals surface area contributed by atoms with E-state index in [2.05, 4.69) is 36.1 Å². The molecule has 1 fully saturated rings. The molecule has 3 aromatic rings. The van der Waals surface area contributed by atoms with E-state index >= 15 is 0 Å². The minimum absolute atomic E-state index is 0.0185. The maximum absolute atomic E-state index is 12.4. The highest BCUT2D eigenvalue weighted by Gasteiger charge is 2.30. The van der Waals surface area contributed by atoms with Gasteiger partial charge in [0.05, 0.1) is 36.6 Å². The smallest absolute Gasteiger partial charge is 0.356 e. The van der Waals surface area contributed by atoms with Crippen molar-refractivity contribution in [1.82, 2.24) is 25.5 Å². The number of aromatic carboxylic acids is 1. The molecule has 2 amide bonds. The molecule has 12 heteroatoms. The predicted molar refractivity (Wildman–Crippen MR) is 121 cm³/mol. The SMILES string of the molecule is CNC(=O)c1nnc(NC(=O)C2CC2)cc1Nc1cccc(-c2cnc(C(=O)O)cn2)c1OC. The molecule has 1 saturated carbocycles. The van der Waals surface area contributed by atoms with Crippen LogP contribution in [0.25, 0.3) is 11.3 Å². The van der Waals surface area contributed by atoms with Gasteiger partial charge in [0, 0.05) is 24.6 Å². The van der Waals surface area contributed by atoms with Crippen molar-refractivity contribution in [1.29, 1.82) is 0 Å². The summed E-state index contributed by atoms with van der Waals surface area (Å²) in [6.07, 6.45) is 4.16. The van der Waals surface area contributed by atoms with Crippen LogP contribution in [0.15, 0.2) is 36.7 Å². The third kappa shape index (κ3) is 4.75. The minimum Gasteiger partial charge on any atom is -0.494 e. The molecule has 0 atom stereocenters. The number of ether oxygens (including phenoxy) is 1. The Labute approximate surface area is 193 Å². The van der Waals surface area contributed by atoms with Gasteiger partial charge in [-0.05, 0) is 25.0 Å². The normalized spacial score (nSPS) is 12.5. The lowest BCUT2D eigenvalue weighted by Gasteiger charge is -2.16. The Balaban J connectivity index is 1.70. The zero-order valence-corrected chi connectivity index (χ0v) is 18.3. The Kier molecular flexibility index (Phi) is 6.30. The first kappa shape index (κ1) is 22.6. The van der Waals surface area contributed by atoms with Crippen molar-refractivity contribution in [3.8, 4) is 17.0 Å². The number of carboxylic acid groups (broad SMARTS) is 1. The monoisotopic (exact) mass is 463 g/mol. The van der Waals surface area contributed by atoms with Crippen LogP contribution in [0.5, 0.6) is 5.75 Å². The second kappa shape index (κ2) is 9.48. The topological polar surface area (TPSA) is 168 Å². The number of methoxy groups -OCH3 is 1. The van der Waals surface area contributed by atoms with Crippen molar-refractivity contribution < 1.29 is 24.2 Å². The van der Waals surface area contributed by atoms with Gasteiger partial charge in [-0.25, -0.2) is 9.78 Å². The molecule has 1 aliphatic rings. The van der Waals surface area contributed by atoms with E-state index in [4.69, 9.17) is 9.84 Å². The first-order chi connectivity index (χ1) is 16.4. The quantitative estimate of drug-likeness (QED) is 0.388. The number of benzene rings is 1. The molecule has 34 heavy (non-hydrogen) atoms. The number of rotatable bonds is 8. The fourth-order valence-electron chi connectivity index (χ4n) is 3.19. The second-order valence-electron chi connectivity index (χ2n) is 7.44. The number of aromatic nitrogens is 4. The molecule has 4 rings (SSSR count). The molecular formula is C22H21N7O5. The molecule has 0 bridgehead atoms. The molecule has 2 heterocycles. The van der Waals surface area contributed by atoms with Crippen LogP contribution >= 0.6 is 0 Å². The van der Waals surface area contributed by atoms with Crippen molar-refractivity contribution in [2.24, 2.45) is 5.92 Å². The van der Waals surface area contributed by atoms with Crippen LogP contribution in [-0.2, 0) is 4.79 Å². The van der Waals surface area contributed by atoms with E-state index in [0.717, 1.165) is 19.0 Å². The largest absolute Gasteiger partial charge is 0.494 e. The fraction of sp³-hybridized carbons (Fsp3) is 0.227. The number of hydrogen-bond acceptors (Lipinski definition) is 9. The Morgan fingerprint density at radius 1 is 1.09 bits per heavy atom. The first-order valence-electron chi connectivity index (χ1n) is 10.3. The van der Waals surface area contributed by atoms with Crippen LogP contribution in [0.1, 0.15) is 33.8 Å². The van der Waals surface area contributed by atoms with Crippen LogP contribution in [0, 0.1) is 5.92 Å². The molecule has 174 valence electrons. The van der Waals surface area contributed by atoms with Gasteiger partial charge in [0.2, 0.25) is 5.91 Å². The highest BCUT2D eigenvalue weighted by molar-refractivity contribution is 6.00. The van der Waals surface area contributed by atoms with Gasteiger partial charge in [0.25, 0.3) is 5.91 Å². The van der Waals surface area contributed by atoms with Gasteiger partial charge in [-0.2, -0.15) is 0 Å². The van der Waals surface area contributed by atoms with E-state index in [1.165, 1.54) is 26.4 Å². The molecule has 0 spiro atoms.